The molecule has 0 saturated heterocycles. The first-order valence-corrected chi connectivity index (χ1v) is 7.38. The molecule has 0 aliphatic carbocycles. The van der Waals surface area contributed by atoms with Crippen molar-refractivity contribution in [2.24, 2.45) is 5.84 Å². The van der Waals surface area contributed by atoms with Gasteiger partial charge in [0, 0.05) is 5.70 Å². The molecule has 0 fully saturated rings. The Hall–Kier alpha value is -2.86. The van der Waals surface area contributed by atoms with E-state index in [9.17, 15) is 0 Å². The van der Waals surface area contributed by atoms with Crippen LogP contribution in [0.4, 0.5) is 23.1 Å². The van der Waals surface area contributed by atoms with Gasteiger partial charge in [0.05, 0.1) is 17.6 Å². The molecule has 0 atom stereocenters. The molecule has 0 amide bonds. The van der Waals surface area contributed by atoms with Crippen LogP contribution in [0.5, 0.6) is 0 Å². The highest BCUT2D eigenvalue weighted by atomic mass is 15.4. The van der Waals surface area contributed by atoms with Crippen LogP contribution in [0.15, 0.2) is 54.9 Å². The van der Waals surface area contributed by atoms with Gasteiger partial charge in [-0.1, -0.05) is 37.3 Å². The third kappa shape index (κ3) is 4.08. The van der Waals surface area contributed by atoms with E-state index >= 15 is 0 Å². The molecule has 6 heteroatoms. The van der Waals surface area contributed by atoms with Crippen molar-refractivity contribution in [3.63, 3.8) is 0 Å². The van der Waals surface area contributed by atoms with E-state index in [0.29, 0.717) is 17.5 Å². The molecule has 0 aliphatic rings. The second kappa shape index (κ2) is 7.42. The summed E-state index contributed by atoms with van der Waals surface area (Å²) in [6.45, 7) is 7.82. The quantitative estimate of drug-likeness (QED) is 0.431. The van der Waals surface area contributed by atoms with Gasteiger partial charge in [0.2, 0.25) is 5.95 Å². The molecule has 5 N–H and O–H groups in total. The lowest BCUT2D eigenvalue weighted by molar-refractivity contribution is 1.02. The standard InChI is InChI=1S/C17H22N6/c1-4-6-13(5-2)21-17-20-11-15(18)16(22-17)23(19)14-9-7-12(3)8-10-14/h5-11H,2,4,18-19H2,1,3H3,(H,20,21,22)/b13-6+. The summed E-state index contributed by atoms with van der Waals surface area (Å²) in [6, 6.07) is 7.78. The van der Waals surface area contributed by atoms with Gasteiger partial charge in [-0.2, -0.15) is 4.98 Å². The number of rotatable bonds is 6. The van der Waals surface area contributed by atoms with Gasteiger partial charge in [-0.05, 0) is 31.6 Å². The van der Waals surface area contributed by atoms with Crippen molar-refractivity contribution in [2.75, 3.05) is 16.1 Å². The maximum absolute atomic E-state index is 6.16. The number of nitrogens with two attached hydrogens (primary N) is 2. The Labute approximate surface area is 136 Å². The van der Waals surface area contributed by atoms with Gasteiger partial charge in [0.15, 0.2) is 5.82 Å². The zero-order chi connectivity index (χ0) is 16.8. The van der Waals surface area contributed by atoms with Gasteiger partial charge in [0.1, 0.15) is 0 Å². The third-order valence-corrected chi connectivity index (χ3v) is 3.24. The van der Waals surface area contributed by atoms with Crippen LogP contribution in [-0.2, 0) is 0 Å². The van der Waals surface area contributed by atoms with Crippen molar-refractivity contribution >= 4 is 23.1 Å². The van der Waals surface area contributed by atoms with Gasteiger partial charge in [-0.3, -0.25) is 5.01 Å². The molecular weight excluding hydrogens is 288 g/mol. The van der Waals surface area contributed by atoms with Crippen molar-refractivity contribution in [1.82, 2.24) is 9.97 Å². The molecular formula is C17H22N6. The number of nitrogens with one attached hydrogen (secondary N) is 1. The SMILES string of the molecule is C=C/C(=C\CC)Nc1ncc(N)c(N(N)c2ccc(C)cc2)n1. The number of anilines is 4. The topological polar surface area (TPSA) is 93.1 Å². The highest BCUT2D eigenvalue weighted by molar-refractivity contribution is 5.70. The summed E-state index contributed by atoms with van der Waals surface area (Å²) < 4.78 is 0. The first-order valence-electron chi connectivity index (χ1n) is 7.38. The van der Waals surface area contributed by atoms with E-state index in [1.807, 2.05) is 44.2 Å². The second-order valence-corrected chi connectivity index (χ2v) is 5.07. The number of aryl methyl sites for hydroxylation is 1. The van der Waals surface area contributed by atoms with Gasteiger partial charge in [-0.25, -0.2) is 10.8 Å². The average molecular weight is 310 g/mol. The second-order valence-electron chi connectivity index (χ2n) is 5.07. The van der Waals surface area contributed by atoms with Crippen LogP contribution in [0.3, 0.4) is 0 Å². The molecule has 1 aromatic carbocycles. The largest absolute Gasteiger partial charge is 0.394 e. The Morgan fingerprint density at radius 1 is 1.35 bits per heavy atom. The van der Waals surface area contributed by atoms with E-state index in [2.05, 4.69) is 21.9 Å². The molecule has 2 rings (SSSR count). The van der Waals surface area contributed by atoms with E-state index in [-0.39, 0.29) is 0 Å². The van der Waals surface area contributed by atoms with Crippen molar-refractivity contribution in [3.05, 3.63) is 60.5 Å². The summed E-state index contributed by atoms with van der Waals surface area (Å²) in [5.41, 5.74) is 9.15. The lowest BCUT2D eigenvalue weighted by atomic mass is 10.2. The molecule has 0 radical (unpaired) electrons. The zero-order valence-corrected chi connectivity index (χ0v) is 13.5. The summed E-state index contributed by atoms with van der Waals surface area (Å²) in [7, 11) is 0. The smallest absolute Gasteiger partial charge is 0.229 e. The number of benzene rings is 1. The number of hydrazine groups is 1. The van der Waals surface area contributed by atoms with Crippen LogP contribution in [0.25, 0.3) is 0 Å². The molecule has 0 bridgehead atoms. The number of nitrogens with zero attached hydrogens (tertiary/aromatic N) is 3. The van der Waals surface area contributed by atoms with Crippen LogP contribution in [0.2, 0.25) is 0 Å². The third-order valence-electron chi connectivity index (χ3n) is 3.24. The van der Waals surface area contributed by atoms with E-state index < -0.39 is 0 Å². The molecule has 120 valence electrons. The van der Waals surface area contributed by atoms with Gasteiger partial charge < -0.3 is 11.1 Å². The monoisotopic (exact) mass is 310 g/mol. The minimum Gasteiger partial charge on any atom is -0.394 e. The fourth-order valence-electron chi connectivity index (χ4n) is 2.00. The van der Waals surface area contributed by atoms with Crippen LogP contribution in [-0.4, -0.2) is 9.97 Å². The number of hydrogen-bond acceptors (Lipinski definition) is 6. The fraction of sp³-hybridized carbons (Fsp3) is 0.176. The Morgan fingerprint density at radius 2 is 2.04 bits per heavy atom. The molecule has 23 heavy (non-hydrogen) atoms. The predicted octanol–water partition coefficient (Wildman–Crippen LogP) is 3.27. The van der Waals surface area contributed by atoms with Crippen LogP contribution in [0, 0.1) is 6.92 Å². The highest BCUT2D eigenvalue weighted by Crippen LogP contribution is 2.26. The summed E-state index contributed by atoms with van der Waals surface area (Å²) in [6.07, 6.45) is 6.11. The van der Waals surface area contributed by atoms with Gasteiger partial charge >= 0.3 is 0 Å². The summed E-state index contributed by atoms with van der Waals surface area (Å²) in [5, 5.41) is 4.54. The first-order chi connectivity index (χ1) is 11.0. The van der Waals surface area contributed by atoms with Crippen LogP contribution < -0.4 is 21.9 Å². The molecule has 0 spiro atoms. The summed E-state index contributed by atoms with van der Waals surface area (Å²) in [4.78, 5) is 8.59. The van der Waals surface area contributed by atoms with E-state index in [4.69, 9.17) is 11.6 Å². The molecule has 1 aromatic heterocycles. The van der Waals surface area contributed by atoms with Crippen LogP contribution in [0.1, 0.15) is 18.9 Å². The van der Waals surface area contributed by atoms with E-state index in [1.54, 1.807) is 6.08 Å². The maximum atomic E-state index is 6.16. The number of allylic oxidation sites excluding steroid dienone is 2. The first kappa shape index (κ1) is 16.5. The molecule has 1 heterocycles. The number of hydrogen-bond donors (Lipinski definition) is 3. The Balaban J connectivity index is 2.31. The number of nitrogen functional groups attached to an aromatic ring is 1. The minimum absolute atomic E-state index is 0.401. The fourth-order valence-corrected chi connectivity index (χ4v) is 2.00. The molecule has 0 saturated carbocycles. The van der Waals surface area contributed by atoms with E-state index in [0.717, 1.165) is 23.4 Å². The Morgan fingerprint density at radius 3 is 2.65 bits per heavy atom. The summed E-state index contributed by atoms with van der Waals surface area (Å²) >= 11 is 0. The van der Waals surface area contributed by atoms with Crippen molar-refractivity contribution in [2.45, 2.75) is 20.3 Å². The lowest BCUT2D eigenvalue weighted by Gasteiger charge is -2.20. The Bertz CT molecular complexity index is 706. The van der Waals surface area contributed by atoms with Crippen molar-refractivity contribution < 1.29 is 0 Å². The molecule has 0 unspecified atom stereocenters. The highest BCUT2D eigenvalue weighted by Gasteiger charge is 2.12. The summed E-state index contributed by atoms with van der Waals surface area (Å²) in [5.74, 6) is 7.01. The Kier molecular flexibility index (Phi) is 5.32. The number of aromatic nitrogens is 2. The molecule has 2 aromatic rings. The molecule has 0 aliphatic heterocycles. The minimum atomic E-state index is 0.401. The normalized spacial score (nSPS) is 11.2. The van der Waals surface area contributed by atoms with Gasteiger partial charge in [-0.15, -0.1) is 0 Å². The average Bonchev–Trinajstić information content (AvgIpc) is 2.56. The van der Waals surface area contributed by atoms with Gasteiger partial charge in [0.25, 0.3) is 0 Å². The van der Waals surface area contributed by atoms with Crippen molar-refractivity contribution in [1.29, 1.82) is 0 Å². The van der Waals surface area contributed by atoms with Crippen molar-refractivity contribution in [3.8, 4) is 0 Å². The lowest BCUT2D eigenvalue weighted by Crippen LogP contribution is -2.27. The predicted molar refractivity (Wildman–Crippen MR) is 96.1 cm³/mol. The zero-order valence-electron chi connectivity index (χ0n) is 13.5. The maximum Gasteiger partial charge on any atom is 0.229 e. The van der Waals surface area contributed by atoms with Crippen LogP contribution >= 0.6 is 0 Å². The van der Waals surface area contributed by atoms with E-state index in [1.165, 1.54) is 11.2 Å². The molecule has 6 nitrogen and oxygen atoms in total.